The van der Waals surface area contributed by atoms with Crippen LogP contribution in [0.2, 0.25) is 0 Å². The minimum Gasteiger partial charge on any atom is -0.356 e. The van der Waals surface area contributed by atoms with E-state index in [0.29, 0.717) is 13.0 Å². The third-order valence-electron chi connectivity index (χ3n) is 6.31. The third-order valence-corrected chi connectivity index (χ3v) is 6.31. The first-order chi connectivity index (χ1) is 12.1. The number of aryl methyl sites for hydroxylation is 1. The van der Waals surface area contributed by atoms with Crippen LogP contribution in [0.5, 0.6) is 0 Å². The number of piperidine rings is 1. The summed E-state index contributed by atoms with van der Waals surface area (Å²) in [7, 11) is 0. The summed E-state index contributed by atoms with van der Waals surface area (Å²) < 4.78 is 0. The topological polar surface area (TPSA) is 70.2 Å². The normalized spacial score (nSPS) is 25.2. The monoisotopic (exact) mass is 377 g/mol. The van der Waals surface area contributed by atoms with E-state index < -0.39 is 0 Å². The molecule has 1 saturated heterocycles. The second-order valence-electron chi connectivity index (χ2n) is 7.77. The Kier molecular flexibility index (Phi) is 5.58. The Hall–Kier alpha value is -1.59. The highest BCUT2D eigenvalue weighted by Gasteiger charge is 2.57. The summed E-state index contributed by atoms with van der Waals surface area (Å²) in [5, 5.41) is 9.41. The van der Waals surface area contributed by atoms with Crippen LogP contribution in [0.15, 0.2) is 18.2 Å². The summed E-state index contributed by atoms with van der Waals surface area (Å²) in [6, 6.07) is 6.19. The van der Waals surface area contributed by atoms with Crippen molar-refractivity contribution < 1.29 is 9.59 Å². The molecule has 2 heterocycles. The minimum absolute atomic E-state index is 0. The fraction of sp³-hybridized carbons (Fsp3) is 0.600. The van der Waals surface area contributed by atoms with Gasteiger partial charge in [0.2, 0.25) is 11.8 Å². The number of carbonyl (C=O) groups excluding carboxylic acids is 2. The molecule has 5 nitrogen and oxygen atoms in total. The first-order valence-corrected chi connectivity index (χ1v) is 9.55. The van der Waals surface area contributed by atoms with Crippen molar-refractivity contribution in [3.63, 3.8) is 0 Å². The number of rotatable bonds is 5. The van der Waals surface area contributed by atoms with E-state index in [4.69, 9.17) is 0 Å². The van der Waals surface area contributed by atoms with Gasteiger partial charge in [-0.2, -0.15) is 0 Å². The SMILES string of the molecule is CCc1ccc2c(c1)C(CCNC(=O)C1CC13CCNCC3)C(=O)N2.Cl. The van der Waals surface area contributed by atoms with E-state index in [1.165, 1.54) is 5.56 Å². The lowest BCUT2D eigenvalue weighted by Crippen LogP contribution is -2.34. The highest BCUT2D eigenvalue weighted by atomic mass is 35.5. The molecule has 1 aromatic rings. The van der Waals surface area contributed by atoms with Crippen molar-refractivity contribution in [2.75, 3.05) is 25.0 Å². The zero-order valence-corrected chi connectivity index (χ0v) is 16.1. The lowest BCUT2D eigenvalue weighted by Gasteiger charge is -2.23. The van der Waals surface area contributed by atoms with Crippen molar-refractivity contribution in [3.8, 4) is 0 Å². The van der Waals surface area contributed by atoms with Crippen LogP contribution in [-0.2, 0) is 16.0 Å². The van der Waals surface area contributed by atoms with E-state index in [2.05, 4.69) is 35.0 Å². The highest BCUT2D eigenvalue weighted by molar-refractivity contribution is 6.03. The Morgan fingerprint density at radius 3 is 2.81 bits per heavy atom. The van der Waals surface area contributed by atoms with Crippen LogP contribution in [0.25, 0.3) is 0 Å². The first kappa shape index (κ1) is 19.2. The molecule has 1 aliphatic carbocycles. The minimum atomic E-state index is -0.145. The van der Waals surface area contributed by atoms with Crippen LogP contribution in [0.1, 0.15) is 49.7 Å². The van der Waals surface area contributed by atoms with Gasteiger partial charge in [-0.15, -0.1) is 12.4 Å². The predicted octanol–water partition coefficient (Wildman–Crippen LogP) is 2.60. The lowest BCUT2D eigenvalue weighted by atomic mass is 9.91. The molecule has 3 N–H and O–H groups in total. The number of hydrogen-bond donors (Lipinski definition) is 3. The molecule has 26 heavy (non-hydrogen) atoms. The summed E-state index contributed by atoms with van der Waals surface area (Å²) in [5.41, 5.74) is 3.52. The maximum atomic E-state index is 12.4. The largest absolute Gasteiger partial charge is 0.356 e. The Bertz CT molecular complexity index is 700. The second kappa shape index (κ2) is 7.57. The van der Waals surface area contributed by atoms with Gasteiger partial charge in [-0.3, -0.25) is 9.59 Å². The second-order valence-corrected chi connectivity index (χ2v) is 7.77. The van der Waals surface area contributed by atoms with Gasteiger partial charge in [-0.05, 0) is 67.8 Å². The van der Waals surface area contributed by atoms with Crippen molar-refractivity contribution in [1.29, 1.82) is 0 Å². The van der Waals surface area contributed by atoms with Gasteiger partial charge in [0.1, 0.15) is 0 Å². The molecule has 0 aromatic heterocycles. The van der Waals surface area contributed by atoms with Crippen molar-refractivity contribution in [3.05, 3.63) is 29.3 Å². The van der Waals surface area contributed by atoms with Gasteiger partial charge < -0.3 is 16.0 Å². The molecule has 4 rings (SSSR count). The predicted molar refractivity (Wildman–Crippen MR) is 105 cm³/mol. The average Bonchev–Trinajstić information content (AvgIpc) is 3.22. The number of hydrogen-bond acceptors (Lipinski definition) is 3. The van der Waals surface area contributed by atoms with Gasteiger partial charge in [0.25, 0.3) is 0 Å². The maximum Gasteiger partial charge on any atom is 0.232 e. The number of halogens is 1. The molecule has 0 radical (unpaired) electrons. The number of fused-ring (bicyclic) bond motifs is 1. The number of nitrogens with one attached hydrogen (secondary N) is 3. The van der Waals surface area contributed by atoms with E-state index in [9.17, 15) is 9.59 Å². The van der Waals surface area contributed by atoms with Crippen LogP contribution < -0.4 is 16.0 Å². The molecule has 2 amide bonds. The number of carbonyl (C=O) groups is 2. The molecule has 2 unspecified atom stereocenters. The zero-order chi connectivity index (χ0) is 17.4. The van der Waals surface area contributed by atoms with E-state index in [0.717, 1.165) is 50.0 Å². The molecule has 3 aliphatic rings. The molecule has 1 spiro atoms. The smallest absolute Gasteiger partial charge is 0.232 e. The quantitative estimate of drug-likeness (QED) is 0.738. The van der Waals surface area contributed by atoms with Gasteiger partial charge in [-0.25, -0.2) is 0 Å². The molecule has 6 heteroatoms. The molecule has 2 fully saturated rings. The highest BCUT2D eigenvalue weighted by Crippen LogP contribution is 2.58. The van der Waals surface area contributed by atoms with Crippen LogP contribution in [0, 0.1) is 11.3 Å². The van der Waals surface area contributed by atoms with E-state index in [-0.39, 0.29) is 41.5 Å². The van der Waals surface area contributed by atoms with Crippen LogP contribution in [-0.4, -0.2) is 31.4 Å². The zero-order valence-electron chi connectivity index (χ0n) is 15.3. The molecule has 1 saturated carbocycles. The van der Waals surface area contributed by atoms with E-state index in [1.807, 2.05) is 6.07 Å². The molecule has 0 bridgehead atoms. The molecule has 142 valence electrons. The lowest BCUT2D eigenvalue weighted by molar-refractivity contribution is -0.123. The molecule has 1 aromatic carbocycles. The van der Waals surface area contributed by atoms with Crippen molar-refractivity contribution >= 4 is 29.9 Å². The third kappa shape index (κ3) is 3.47. The summed E-state index contributed by atoms with van der Waals surface area (Å²) >= 11 is 0. The number of anilines is 1. The fourth-order valence-electron chi connectivity index (χ4n) is 4.54. The van der Waals surface area contributed by atoms with Gasteiger partial charge in [0.15, 0.2) is 0 Å². The van der Waals surface area contributed by atoms with Crippen LogP contribution in [0.4, 0.5) is 5.69 Å². The maximum absolute atomic E-state index is 12.4. The first-order valence-electron chi connectivity index (χ1n) is 9.55. The summed E-state index contributed by atoms with van der Waals surface area (Å²) in [6.45, 7) is 4.75. The number of benzene rings is 1. The van der Waals surface area contributed by atoms with Crippen LogP contribution >= 0.6 is 12.4 Å². The Morgan fingerprint density at radius 1 is 1.31 bits per heavy atom. The summed E-state index contributed by atoms with van der Waals surface area (Å²) in [5.74, 6) is 0.279. The van der Waals surface area contributed by atoms with Gasteiger partial charge >= 0.3 is 0 Å². The van der Waals surface area contributed by atoms with Gasteiger partial charge in [0, 0.05) is 18.2 Å². The Labute approximate surface area is 161 Å². The van der Waals surface area contributed by atoms with Gasteiger partial charge in [-0.1, -0.05) is 19.1 Å². The van der Waals surface area contributed by atoms with Gasteiger partial charge in [0.05, 0.1) is 5.92 Å². The number of amides is 2. The van der Waals surface area contributed by atoms with E-state index >= 15 is 0 Å². The Morgan fingerprint density at radius 2 is 2.08 bits per heavy atom. The molecule has 2 aliphatic heterocycles. The molecule has 2 atom stereocenters. The average molecular weight is 378 g/mol. The van der Waals surface area contributed by atoms with Crippen molar-refractivity contribution in [1.82, 2.24) is 10.6 Å². The molecular weight excluding hydrogens is 350 g/mol. The van der Waals surface area contributed by atoms with Crippen molar-refractivity contribution in [2.24, 2.45) is 11.3 Å². The van der Waals surface area contributed by atoms with Crippen LogP contribution in [0.3, 0.4) is 0 Å². The van der Waals surface area contributed by atoms with E-state index in [1.54, 1.807) is 0 Å². The molecular formula is C20H28ClN3O2. The summed E-state index contributed by atoms with van der Waals surface area (Å²) in [6.07, 6.45) is 4.89. The summed E-state index contributed by atoms with van der Waals surface area (Å²) in [4.78, 5) is 24.7. The fourth-order valence-corrected chi connectivity index (χ4v) is 4.54. The standard InChI is InChI=1S/C20H27N3O2.ClH/c1-2-13-3-4-17-15(11-13)14(18(24)23-17)5-8-22-19(25)16-12-20(16)6-9-21-10-7-20;/h3-4,11,14,16,21H,2,5-10,12H2,1H3,(H,22,25)(H,23,24);1H. The van der Waals surface area contributed by atoms with Crippen molar-refractivity contribution in [2.45, 2.75) is 44.9 Å². The Balaban J connectivity index is 0.00000196.